The largest absolute Gasteiger partial charge is 0.354 e. The molecule has 2 saturated heterocycles. The highest BCUT2D eigenvalue weighted by Gasteiger charge is 2.35. The average Bonchev–Trinajstić information content (AvgIpc) is 2.82. The van der Waals surface area contributed by atoms with Crippen molar-refractivity contribution in [2.75, 3.05) is 24.5 Å². The highest BCUT2D eigenvalue weighted by atomic mass is 15.2. The number of hydrogen-bond donors (Lipinski definition) is 1. The molecule has 4 heteroatoms. The number of pyridine rings is 1. The number of aromatic nitrogens is 1. The molecule has 1 aromatic rings. The van der Waals surface area contributed by atoms with Gasteiger partial charge >= 0.3 is 0 Å². The summed E-state index contributed by atoms with van der Waals surface area (Å²) in [6.45, 7) is 5.12. The Morgan fingerprint density at radius 1 is 1.44 bits per heavy atom. The summed E-state index contributed by atoms with van der Waals surface area (Å²) in [5, 5.41) is 12.8. The zero-order valence-electron chi connectivity index (χ0n) is 10.7. The molecule has 2 unspecified atom stereocenters. The van der Waals surface area contributed by atoms with Crippen LogP contribution in [-0.2, 0) is 0 Å². The quantitative estimate of drug-likeness (QED) is 0.810. The lowest BCUT2D eigenvalue weighted by Gasteiger charge is -2.24. The maximum absolute atomic E-state index is 9.20. The van der Waals surface area contributed by atoms with E-state index >= 15 is 0 Å². The predicted octanol–water partition coefficient (Wildman–Crippen LogP) is 1.45. The second-order valence-corrected chi connectivity index (χ2v) is 5.30. The minimum atomic E-state index is 0.576. The van der Waals surface area contributed by atoms with Crippen LogP contribution in [0.25, 0.3) is 0 Å². The lowest BCUT2D eigenvalue weighted by Crippen LogP contribution is -2.40. The van der Waals surface area contributed by atoms with E-state index in [-0.39, 0.29) is 0 Å². The van der Waals surface area contributed by atoms with Crippen molar-refractivity contribution in [1.82, 2.24) is 10.3 Å². The Morgan fingerprint density at radius 2 is 2.33 bits per heavy atom. The monoisotopic (exact) mass is 242 g/mol. The summed E-state index contributed by atoms with van der Waals surface area (Å²) in [5.74, 6) is 1.58. The molecule has 0 saturated carbocycles. The van der Waals surface area contributed by atoms with Gasteiger partial charge in [-0.2, -0.15) is 5.26 Å². The molecule has 1 N–H and O–H groups in total. The molecule has 3 heterocycles. The highest BCUT2D eigenvalue weighted by molar-refractivity contribution is 5.55. The normalized spacial score (nSPS) is 26.8. The van der Waals surface area contributed by atoms with Gasteiger partial charge in [0.2, 0.25) is 0 Å². The SMILES string of the molecule is Cc1ccc(C#N)c(N2CC3CCCNC3C2)n1. The molecule has 0 radical (unpaired) electrons. The van der Waals surface area contributed by atoms with Crippen molar-refractivity contribution in [2.45, 2.75) is 25.8 Å². The van der Waals surface area contributed by atoms with E-state index in [1.54, 1.807) is 0 Å². The van der Waals surface area contributed by atoms with Gasteiger partial charge in [-0.1, -0.05) is 0 Å². The van der Waals surface area contributed by atoms with Crippen LogP contribution in [0, 0.1) is 24.2 Å². The second kappa shape index (κ2) is 4.58. The Labute approximate surface area is 108 Å². The van der Waals surface area contributed by atoms with Gasteiger partial charge in [0.1, 0.15) is 11.9 Å². The summed E-state index contributed by atoms with van der Waals surface area (Å²) in [6, 6.07) is 6.62. The molecule has 0 aliphatic carbocycles. The lowest BCUT2D eigenvalue weighted by molar-refractivity contribution is 0.340. The molecular weight excluding hydrogens is 224 g/mol. The first-order valence-electron chi connectivity index (χ1n) is 6.64. The van der Waals surface area contributed by atoms with Crippen molar-refractivity contribution in [3.63, 3.8) is 0 Å². The fraction of sp³-hybridized carbons (Fsp3) is 0.571. The zero-order chi connectivity index (χ0) is 12.5. The molecule has 0 amide bonds. The summed E-state index contributed by atoms with van der Waals surface area (Å²) >= 11 is 0. The molecule has 0 aromatic carbocycles. The van der Waals surface area contributed by atoms with Gasteiger partial charge < -0.3 is 10.2 Å². The van der Waals surface area contributed by atoms with Crippen molar-refractivity contribution < 1.29 is 0 Å². The van der Waals surface area contributed by atoms with Gasteiger partial charge in [0.25, 0.3) is 0 Å². The molecule has 2 atom stereocenters. The van der Waals surface area contributed by atoms with Gasteiger partial charge in [-0.3, -0.25) is 0 Å². The topological polar surface area (TPSA) is 52.0 Å². The third-order valence-electron chi connectivity index (χ3n) is 4.03. The molecule has 18 heavy (non-hydrogen) atoms. The number of piperidine rings is 1. The van der Waals surface area contributed by atoms with Gasteiger partial charge in [0.05, 0.1) is 5.56 Å². The molecule has 2 aliphatic heterocycles. The molecular formula is C14H18N4. The molecule has 0 spiro atoms. The van der Waals surface area contributed by atoms with E-state index in [9.17, 15) is 5.26 Å². The average molecular weight is 242 g/mol. The zero-order valence-corrected chi connectivity index (χ0v) is 10.7. The van der Waals surface area contributed by atoms with Crippen molar-refractivity contribution in [3.05, 3.63) is 23.4 Å². The van der Waals surface area contributed by atoms with Crippen LogP contribution in [0.3, 0.4) is 0 Å². The minimum Gasteiger partial charge on any atom is -0.354 e. The standard InChI is InChI=1S/C14H18N4/c1-10-4-5-11(7-15)14(17-10)18-8-12-3-2-6-16-13(12)9-18/h4-5,12-13,16H,2-3,6,8-9H2,1H3. The summed E-state index contributed by atoms with van der Waals surface area (Å²) in [5.41, 5.74) is 1.67. The third kappa shape index (κ3) is 1.95. The van der Waals surface area contributed by atoms with Crippen molar-refractivity contribution in [1.29, 1.82) is 5.26 Å². The van der Waals surface area contributed by atoms with Crippen LogP contribution in [0.2, 0.25) is 0 Å². The number of nitriles is 1. The minimum absolute atomic E-state index is 0.576. The highest BCUT2D eigenvalue weighted by Crippen LogP contribution is 2.29. The van der Waals surface area contributed by atoms with E-state index in [2.05, 4.69) is 21.3 Å². The number of aryl methyl sites for hydroxylation is 1. The number of hydrogen-bond acceptors (Lipinski definition) is 4. The summed E-state index contributed by atoms with van der Waals surface area (Å²) in [7, 11) is 0. The van der Waals surface area contributed by atoms with E-state index < -0.39 is 0 Å². The van der Waals surface area contributed by atoms with Crippen LogP contribution in [0.15, 0.2) is 12.1 Å². The van der Waals surface area contributed by atoms with Crippen LogP contribution in [0.4, 0.5) is 5.82 Å². The second-order valence-electron chi connectivity index (χ2n) is 5.30. The van der Waals surface area contributed by atoms with Crippen molar-refractivity contribution >= 4 is 5.82 Å². The first-order chi connectivity index (χ1) is 8.78. The van der Waals surface area contributed by atoms with Gasteiger partial charge in [0.15, 0.2) is 0 Å². The van der Waals surface area contributed by atoms with E-state index in [4.69, 9.17) is 0 Å². The van der Waals surface area contributed by atoms with Gasteiger partial charge in [0, 0.05) is 24.8 Å². The molecule has 0 bridgehead atoms. The van der Waals surface area contributed by atoms with Gasteiger partial charge in [-0.25, -0.2) is 4.98 Å². The van der Waals surface area contributed by atoms with Gasteiger partial charge in [-0.15, -0.1) is 0 Å². The summed E-state index contributed by atoms with van der Waals surface area (Å²) in [4.78, 5) is 6.84. The fourth-order valence-corrected chi connectivity index (χ4v) is 3.09. The Kier molecular flexibility index (Phi) is 2.92. The lowest BCUT2D eigenvalue weighted by atomic mass is 9.94. The number of nitrogens with one attached hydrogen (secondary N) is 1. The molecule has 94 valence electrons. The van der Waals surface area contributed by atoms with E-state index in [0.29, 0.717) is 17.5 Å². The number of nitrogens with zero attached hydrogens (tertiary/aromatic N) is 3. The number of anilines is 1. The Morgan fingerprint density at radius 3 is 3.11 bits per heavy atom. The maximum Gasteiger partial charge on any atom is 0.146 e. The number of rotatable bonds is 1. The van der Waals surface area contributed by atoms with Crippen LogP contribution < -0.4 is 10.2 Å². The van der Waals surface area contributed by atoms with E-state index in [0.717, 1.165) is 31.1 Å². The van der Waals surface area contributed by atoms with Crippen LogP contribution in [0.1, 0.15) is 24.1 Å². The first-order valence-corrected chi connectivity index (χ1v) is 6.64. The molecule has 1 aromatic heterocycles. The summed E-state index contributed by atoms with van der Waals surface area (Å²) in [6.07, 6.45) is 2.56. The van der Waals surface area contributed by atoms with E-state index in [1.165, 1.54) is 12.8 Å². The maximum atomic E-state index is 9.20. The molecule has 3 rings (SSSR count). The van der Waals surface area contributed by atoms with Crippen molar-refractivity contribution in [3.8, 4) is 6.07 Å². The third-order valence-corrected chi connectivity index (χ3v) is 4.03. The predicted molar refractivity (Wildman–Crippen MR) is 70.4 cm³/mol. The van der Waals surface area contributed by atoms with Crippen molar-refractivity contribution in [2.24, 2.45) is 5.92 Å². The van der Waals surface area contributed by atoms with Crippen LogP contribution in [-0.4, -0.2) is 30.7 Å². The number of fused-ring (bicyclic) bond motifs is 1. The van der Waals surface area contributed by atoms with Gasteiger partial charge in [-0.05, 0) is 44.4 Å². The smallest absolute Gasteiger partial charge is 0.146 e. The van der Waals surface area contributed by atoms with Crippen LogP contribution in [0.5, 0.6) is 0 Å². The Bertz CT molecular complexity index is 477. The summed E-state index contributed by atoms with van der Waals surface area (Å²) < 4.78 is 0. The van der Waals surface area contributed by atoms with E-state index in [1.807, 2.05) is 19.1 Å². The molecule has 2 aliphatic rings. The van der Waals surface area contributed by atoms with Crippen LogP contribution >= 0.6 is 0 Å². The first kappa shape index (κ1) is 11.5. The molecule has 4 nitrogen and oxygen atoms in total. The Balaban J connectivity index is 1.88. The fourth-order valence-electron chi connectivity index (χ4n) is 3.09. The Hall–Kier alpha value is -1.60. The molecule has 2 fully saturated rings.